The molecule has 0 aliphatic carbocycles. The lowest BCUT2D eigenvalue weighted by atomic mass is 10.1. The van der Waals surface area contributed by atoms with Gasteiger partial charge in [0.15, 0.2) is 0 Å². The van der Waals surface area contributed by atoms with Crippen LogP contribution in [-0.4, -0.2) is 24.9 Å². The van der Waals surface area contributed by atoms with Crippen LogP contribution >= 0.6 is 11.6 Å². The summed E-state index contributed by atoms with van der Waals surface area (Å²) in [6.07, 6.45) is 0. The number of hydrogen-bond donors (Lipinski definition) is 1. The standard InChI is InChI=1S/C8H3ClO6S/c9-6-4(16(12,13)14)2-1-3-5(6)8(11)15-7(3)10/h1-2H,(H,12,13,14). The molecule has 84 valence electrons. The first-order valence-corrected chi connectivity index (χ1v) is 5.70. The topological polar surface area (TPSA) is 97.7 Å². The molecule has 1 heterocycles. The molecular formula is C8H3ClO6S. The molecule has 2 rings (SSSR count). The summed E-state index contributed by atoms with van der Waals surface area (Å²) in [6, 6.07) is 1.98. The average Bonchev–Trinajstić information content (AvgIpc) is 2.41. The second-order valence-electron chi connectivity index (χ2n) is 2.95. The smallest absolute Gasteiger partial charge is 0.348 e. The van der Waals surface area contributed by atoms with E-state index in [0.717, 1.165) is 12.1 Å². The van der Waals surface area contributed by atoms with Gasteiger partial charge >= 0.3 is 11.9 Å². The number of esters is 2. The van der Waals surface area contributed by atoms with Crippen molar-refractivity contribution < 1.29 is 27.3 Å². The zero-order valence-corrected chi connectivity index (χ0v) is 9.00. The third-order valence-corrected chi connectivity index (χ3v) is 3.39. The number of ether oxygens (including phenoxy) is 1. The SMILES string of the molecule is O=C1OC(=O)c2c1ccc(S(=O)(=O)O)c2Cl. The quantitative estimate of drug-likeness (QED) is 0.459. The molecule has 1 aliphatic rings. The number of hydrogen-bond acceptors (Lipinski definition) is 5. The highest BCUT2D eigenvalue weighted by atomic mass is 35.5. The Bertz CT molecular complexity index is 618. The Hall–Kier alpha value is -1.44. The molecule has 8 heteroatoms. The van der Waals surface area contributed by atoms with Crippen LogP contribution in [0.15, 0.2) is 17.0 Å². The molecule has 1 aromatic carbocycles. The predicted octanol–water partition coefficient (Wildman–Crippen LogP) is 0.897. The molecule has 0 fully saturated rings. The van der Waals surface area contributed by atoms with Crippen LogP contribution in [0.1, 0.15) is 20.7 Å². The first-order valence-electron chi connectivity index (χ1n) is 3.89. The van der Waals surface area contributed by atoms with Crippen molar-refractivity contribution in [3.05, 3.63) is 28.3 Å². The van der Waals surface area contributed by atoms with Crippen molar-refractivity contribution in [1.82, 2.24) is 0 Å². The zero-order chi connectivity index (χ0) is 12.1. The molecule has 0 unspecified atom stereocenters. The minimum Gasteiger partial charge on any atom is -0.386 e. The lowest BCUT2D eigenvalue weighted by Gasteiger charge is -2.02. The summed E-state index contributed by atoms with van der Waals surface area (Å²) in [7, 11) is -4.55. The fraction of sp³-hybridized carbons (Fsp3) is 0. The summed E-state index contributed by atoms with van der Waals surface area (Å²) in [5.74, 6) is -1.93. The lowest BCUT2D eigenvalue weighted by molar-refractivity contribution is 0.0444. The van der Waals surface area contributed by atoms with Crippen LogP contribution < -0.4 is 0 Å². The fourth-order valence-electron chi connectivity index (χ4n) is 1.32. The first-order chi connectivity index (χ1) is 7.32. The van der Waals surface area contributed by atoms with Crippen LogP contribution in [0.25, 0.3) is 0 Å². The maximum Gasteiger partial charge on any atom is 0.348 e. The van der Waals surface area contributed by atoms with Crippen LogP contribution in [0.5, 0.6) is 0 Å². The van der Waals surface area contributed by atoms with Gasteiger partial charge in [-0.3, -0.25) is 4.55 Å². The van der Waals surface area contributed by atoms with Gasteiger partial charge in [-0.1, -0.05) is 11.6 Å². The van der Waals surface area contributed by atoms with Crippen LogP contribution in [0, 0.1) is 0 Å². The van der Waals surface area contributed by atoms with E-state index in [1.807, 2.05) is 0 Å². The number of cyclic esters (lactones) is 2. The highest BCUT2D eigenvalue weighted by molar-refractivity contribution is 7.86. The van der Waals surface area contributed by atoms with Gasteiger partial charge in [0.05, 0.1) is 16.1 Å². The molecule has 1 aromatic rings. The minimum absolute atomic E-state index is 0.123. The Kier molecular flexibility index (Phi) is 2.26. The van der Waals surface area contributed by atoms with Gasteiger partial charge in [-0.2, -0.15) is 8.42 Å². The number of benzene rings is 1. The monoisotopic (exact) mass is 262 g/mol. The van der Waals surface area contributed by atoms with Gasteiger partial charge in [-0.05, 0) is 12.1 Å². The molecule has 0 radical (unpaired) electrons. The average molecular weight is 263 g/mol. The van der Waals surface area contributed by atoms with Gasteiger partial charge < -0.3 is 4.74 Å². The summed E-state index contributed by atoms with van der Waals surface area (Å²) in [5, 5.41) is -0.518. The van der Waals surface area contributed by atoms with E-state index in [0.29, 0.717) is 0 Å². The van der Waals surface area contributed by atoms with Crippen molar-refractivity contribution in [2.45, 2.75) is 4.90 Å². The normalized spacial score (nSPS) is 14.9. The van der Waals surface area contributed by atoms with Gasteiger partial charge in [-0.15, -0.1) is 0 Å². The van der Waals surface area contributed by atoms with E-state index in [1.165, 1.54) is 0 Å². The van der Waals surface area contributed by atoms with Gasteiger partial charge in [0, 0.05) is 0 Å². The van der Waals surface area contributed by atoms with Crippen LogP contribution in [0.3, 0.4) is 0 Å². The van der Waals surface area contributed by atoms with E-state index in [4.69, 9.17) is 16.2 Å². The maximum absolute atomic E-state index is 11.2. The number of halogens is 1. The second-order valence-corrected chi connectivity index (χ2v) is 4.72. The van der Waals surface area contributed by atoms with Crippen molar-refractivity contribution >= 4 is 33.7 Å². The molecule has 16 heavy (non-hydrogen) atoms. The molecule has 0 aromatic heterocycles. The summed E-state index contributed by atoms with van der Waals surface area (Å²) in [4.78, 5) is 21.6. The predicted molar refractivity (Wildman–Crippen MR) is 51.0 cm³/mol. The number of carbonyl (C=O) groups is 2. The molecule has 1 N–H and O–H groups in total. The van der Waals surface area contributed by atoms with E-state index >= 15 is 0 Å². The Morgan fingerprint density at radius 1 is 1.19 bits per heavy atom. The molecule has 1 aliphatic heterocycles. The number of rotatable bonds is 1. The zero-order valence-electron chi connectivity index (χ0n) is 7.43. The van der Waals surface area contributed by atoms with Crippen LogP contribution in [-0.2, 0) is 14.9 Å². The fourth-order valence-corrected chi connectivity index (χ4v) is 2.42. The summed E-state index contributed by atoms with van der Waals surface area (Å²) < 4.78 is 34.8. The van der Waals surface area contributed by atoms with Crippen molar-refractivity contribution in [2.24, 2.45) is 0 Å². The van der Waals surface area contributed by atoms with Crippen molar-refractivity contribution in [2.75, 3.05) is 0 Å². The third-order valence-electron chi connectivity index (χ3n) is 1.99. The third kappa shape index (κ3) is 1.49. The number of fused-ring (bicyclic) bond motifs is 1. The first kappa shape index (κ1) is 11.1. The summed E-state index contributed by atoms with van der Waals surface area (Å²) in [5.41, 5.74) is -0.468. The van der Waals surface area contributed by atoms with E-state index in [2.05, 4.69) is 4.74 Å². The van der Waals surface area contributed by atoms with Gasteiger partial charge in [0.2, 0.25) is 0 Å². The molecule has 0 atom stereocenters. The van der Waals surface area contributed by atoms with Gasteiger partial charge in [0.1, 0.15) is 4.90 Å². The molecular weight excluding hydrogens is 260 g/mol. The Morgan fingerprint density at radius 2 is 1.81 bits per heavy atom. The van der Waals surface area contributed by atoms with Gasteiger partial charge in [-0.25, -0.2) is 9.59 Å². The van der Waals surface area contributed by atoms with E-state index in [-0.39, 0.29) is 11.1 Å². The highest BCUT2D eigenvalue weighted by Crippen LogP contribution is 2.32. The highest BCUT2D eigenvalue weighted by Gasteiger charge is 2.35. The van der Waals surface area contributed by atoms with E-state index < -0.39 is 32.0 Å². The Balaban J connectivity index is 2.81. The largest absolute Gasteiger partial charge is 0.386 e. The van der Waals surface area contributed by atoms with Gasteiger partial charge in [0.25, 0.3) is 10.1 Å². The molecule has 0 spiro atoms. The minimum atomic E-state index is -4.55. The van der Waals surface area contributed by atoms with E-state index in [9.17, 15) is 18.0 Å². The Labute approximate surface area is 94.5 Å². The van der Waals surface area contributed by atoms with Crippen molar-refractivity contribution in [3.8, 4) is 0 Å². The van der Waals surface area contributed by atoms with Crippen LogP contribution in [0.4, 0.5) is 0 Å². The number of carbonyl (C=O) groups excluding carboxylic acids is 2. The second kappa shape index (κ2) is 3.27. The molecule has 0 saturated carbocycles. The molecule has 0 saturated heterocycles. The van der Waals surface area contributed by atoms with Crippen molar-refractivity contribution in [1.29, 1.82) is 0 Å². The summed E-state index contributed by atoms with van der Waals surface area (Å²) in [6.45, 7) is 0. The maximum atomic E-state index is 11.2. The lowest BCUT2D eigenvalue weighted by Crippen LogP contribution is -2.03. The molecule has 0 bridgehead atoms. The summed E-state index contributed by atoms with van der Waals surface area (Å²) >= 11 is 5.61. The van der Waals surface area contributed by atoms with Crippen LogP contribution in [0.2, 0.25) is 5.02 Å². The van der Waals surface area contributed by atoms with E-state index in [1.54, 1.807) is 0 Å². The Morgan fingerprint density at radius 3 is 2.38 bits per heavy atom. The molecule has 6 nitrogen and oxygen atoms in total. The molecule has 0 amide bonds. The van der Waals surface area contributed by atoms with Crippen molar-refractivity contribution in [3.63, 3.8) is 0 Å².